The standard InChI is InChI=1S/C13H11N3O4S/c17-11(7-15-12(18)10-2-1-5-21-10)16-8-3-4-14-9(6-8)13(19)20/h1-6H,7H2,(H,15,18)(H,19,20)(H,14,16,17). The molecule has 2 aromatic heterocycles. The van der Waals surface area contributed by atoms with Gasteiger partial charge in [0.05, 0.1) is 11.4 Å². The number of aromatic carboxylic acids is 1. The van der Waals surface area contributed by atoms with Crippen molar-refractivity contribution in [2.24, 2.45) is 0 Å². The zero-order valence-corrected chi connectivity index (χ0v) is 11.5. The molecule has 0 fully saturated rings. The van der Waals surface area contributed by atoms with E-state index in [2.05, 4.69) is 15.6 Å². The average Bonchev–Trinajstić information content (AvgIpc) is 2.99. The van der Waals surface area contributed by atoms with E-state index < -0.39 is 11.9 Å². The third-order valence-corrected chi connectivity index (χ3v) is 3.29. The Balaban J connectivity index is 1.89. The van der Waals surface area contributed by atoms with Crippen molar-refractivity contribution in [2.75, 3.05) is 11.9 Å². The number of rotatable bonds is 5. The number of hydrogen-bond donors (Lipinski definition) is 3. The second-order valence-corrected chi connectivity index (χ2v) is 4.89. The lowest BCUT2D eigenvalue weighted by Crippen LogP contribution is -2.32. The summed E-state index contributed by atoms with van der Waals surface area (Å²) >= 11 is 1.27. The third kappa shape index (κ3) is 4.11. The summed E-state index contributed by atoms with van der Waals surface area (Å²) < 4.78 is 0. The molecule has 0 saturated carbocycles. The Kier molecular flexibility index (Phi) is 4.62. The van der Waals surface area contributed by atoms with Gasteiger partial charge in [-0.05, 0) is 23.6 Å². The van der Waals surface area contributed by atoms with Gasteiger partial charge < -0.3 is 15.7 Å². The SMILES string of the molecule is O=C(CNC(=O)c1cccs1)Nc1ccnc(C(=O)O)c1. The fourth-order valence-electron chi connectivity index (χ4n) is 1.49. The van der Waals surface area contributed by atoms with Crippen LogP contribution in [0.25, 0.3) is 0 Å². The van der Waals surface area contributed by atoms with Crippen LogP contribution in [0.1, 0.15) is 20.2 Å². The zero-order valence-electron chi connectivity index (χ0n) is 10.7. The van der Waals surface area contributed by atoms with Gasteiger partial charge in [-0.3, -0.25) is 9.59 Å². The molecular formula is C13H11N3O4S. The highest BCUT2D eigenvalue weighted by Crippen LogP contribution is 2.09. The number of aromatic nitrogens is 1. The molecule has 0 unspecified atom stereocenters. The van der Waals surface area contributed by atoms with Crippen LogP contribution in [0.2, 0.25) is 0 Å². The maximum absolute atomic E-state index is 11.7. The van der Waals surface area contributed by atoms with E-state index >= 15 is 0 Å². The van der Waals surface area contributed by atoms with E-state index in [1.807, 2.05) is 0 Å². The lowest BCUT2D eigenvalue weighted by molar-refractivity contribution is -0.115. The molecule has 0 aliphatic heterocycles. The number of nitrogens with one attached hydrogen (secondary N) is 2. The smallest absolute Gasteiger partial charge is 0.354 e. The summed E-state index contributed by atoms with van der Waals surface area (Å²) in [5.41, 5.74) is 0.133. The summed E-state index contributed by atoms with van der Waals surface area (Å²) in [6.45, 7) is -0.207. The quantitative estimate of drug-likeness (QED) is 0.769. The van der Waals surface area contributed by atoms with Crippen molar-refractivity contribution >= 4 is 34.8 Å². The van der Waals surface area contributed by atoms with Crippen LogP contribution in [-0.2, 0) is 4.79 Å². The molecule has 0 bridgehead atoms. The largest absolute Gasteiger partial charge is 0.477 e. The summed E-state index contributed by atoms with van der Waals surface area (Å²) in [6.07, 6.45) is 1.28. The van der Waals surface area contributed by atoms with Gasteiger partial charge in [0.15, 0.2) is 0 Å². The predicted octanol–water partition coefficient (Wildman–Crippen LogP) is 1.21. The fraction of sp³-hybridized carbons (Fsp3) is 0.0769. The molecule has 2 aromatic rings. The number of thiophene rings is 1. The summed E-state index contributed by atoms with van der Waals surface area (Å²) in [4.78, 5) is 38.2. The summed E-state index contributed by atoms with van der Waals surface area (Å²) in [5, 5.41) is 15.5. The summed E-state index contributed by atoms with van der Waals surface area (Å²) in [5.74, 6) is -1.97. The highest BCUT2D eigenvalue weighted by Gasteiger charge is 2.10. The van der Waals surface area contributed by atoms with Crippen LogP contribution in [0.4, 0.5) is 5.69 Å². The number of amides is 2. The van der Waals surface area contributed by atoms with Gasteiger partial charge in [0, 0.05) is 11.9 Å². The summed E-state index contributed by atoms with van der Waals surface area (Å²) in [6, 6.07) is 6.09. The minimum absolute atomic E-state index is 0.171. The first-order chi connectivity index (χ1) is 10.1. The molecule has 0 saturated heterocycles. The van der Waals surface area contributed by atoms with E-state index in [-0.39, 0.29) is 18.1 Å². The van der Waals surface area contributed by atoms with E-state index in [1.165, 1.54) is 29.7 Å². The predicted molar refractivity (Wildman–Crippen MR) is 76.5 cm³/mol. The molecule has 3 N–H and O–H groups in total. The molecule has 8 heteroatoms. The van der Waals surface area contributed by atoms with Gasteiger partial charge in [0.25, 0.3) is 5.91 Å². The maximum atomic E-state index is 11.7. The van der Waals surface area contributed by atoms with Crippen molar-refractivity contribution < 1.29 is 19.5 Å². The molecule has 0 radical (unpaired) electrons. The van der Waals surface area contributed by atoms with Crippen LogP contribution in [0.5, 0.6) is 0 Å². The topological polar surface area (TPSA) is 108 Å². The van der Waals surface area contributed by atoms with Crippen molar-refractivity contribution in [1.29, 1.82) is 0 Å². The minimum Gasteiger partial charge on any atom is -0.477 e. The highest BCUT2D eigenvalue weighted by atomic mass is 32.1. The van der Waals surface area contributed by atoms with Crippen molar-refractivity contribution in [3.63, 3.8) is 0 Å². The van der Waals surface area contributed by atoms with Crippen LogP contribution in [0.15, 0.2) is 35.8 Å². The molecule has 2 heterocycles. The first kappa shape index (κ1) is 14.7. The molecule has 108 valence electrons. The fourth-order valence-corrected chi connectivity index (χ4v) is 2.13. The van der Waals surface area contributed by atoms with Gasteiger partial charge >= 0.3 is 5.97 Å². The molecule has 2 rings (SSSR count). The first-order valence-corrected chi connectivity index (χ1v) is 6.75. The average molecular weight is 305 g/mol. The molecule has 7 nitrogen and oxygen atoms in total. The van der Waals surface area contributed by atoms with Gasteiger partial charge in [-0.1, -0.05) is 6.07 Å². The van der Waals surface area contributed by atoms with Gasteiger partial charge in [-0.15, -0.1) is 11.3 Å². The van der Waals surface area contributed by atoms with Crippen LogP contribution in [0.3, 0.4) is 0 Å². The Labute approximate surface area is 123 Å². The molecule has 0 aliphatic rings. The Morgan fingerprint density at radius 1 is 1.29 bits per heavy atom. The number of pyridine rings is 1. The Hall–Kier alpha value is -2.74. The highest BCUT2D eigenvalue weighted by molar-refractivity contribution is 7.12. The number of carbonyl (C=O) groups is 3. The second kappa shape index (κ2) is 6.62. The summed E-state index contributed by atoms with van der Waals surface area (Å²) in [7, 11) is 0. The minimum atomic E-state index is -1.18. The van der Waals surface area contributed by atoms with Crippen molar-refractivity contribution in [1.82, 2.24) is 10.3 Å². The van der Waals surface area contributed by atoms with Gasteiger partial charge in [0.1, 0.15) is 5.69 Å². The molecule has 0 atom stereocenters. The van der Waals surface area contributed by atoms with Gasteiger partial charge in [-0.25, -0.2) is 9.78 Å². The van der Waals surface area contributed by atoms with Crippen LogP contribution in [-0.4, -0.2) is 34.4 Å². The zero-order chi connectivity index (χ0) is 15.2. The monoisotopic (exact) mass is 305 g/mol. The van der Waals surface area contributed by atoms with Gasteiger partial charge in [0.2, 0.25) is 5.91 Å². The number of nitrogens with zero attached hydrogens (tertiary/aromatic N) is 1. The Morgan fingerprint density at radius 2 is 2.10 bits per heavy atom. The molecule has 0 aromatic carbocycles. The lowest BCUT2D eigenvalue weighted by Gasteiger charge is -2.06. The van der Waals surface area contributed by atoms with E-state index in [4.69, 9.17) is 5.11 Å². The van der Waals surface area contributed by atoms with E-state index in [0.717, 1.165) is 0 Å². The third-order valence-electron chi connectivity index (χ3n) is 2.42. The number of carbonyl (C=O) groups excluding carboxylic acids is 2. The van der Waals surface area contributed by atoms with Crippen LogP contribution < -0.4 is 10.6 Å². The number of anilines is 1. The van der Waals surface area contributed by atoms with E-state index in [0.29, 0.717) is 10.6 Å². The van der Waals surface area contributed by atoms with Crippen molar-refractivity contribution in [3.05, 3.63) is 46.4 Å². The normalized spacial score (nSPS) is 9.90. The molecule has 2 amide bonds. The molecule has 0 spiro atoms. The lowest BCUT2D eigenvalue weighted by atomic mass is 10.3. The maximum Gasteiger partial charge on any atom is 0.354 e. The van der Waals surface area contributed by atoms with E-state index in [1.54, 1.807) is 17.5 Å². The van der Waals surface area contributed by atoms with E-state index in [9.17, 15) is 14.4 Å². The van der Waals surface area contributed by atoms with Crippen LogP contribution in [0, 0.1) is 0 Å². The molecule has 0 aliphatic carbocycles. The number of carboxylic acid groups (broad SMARTS) is 1. The Bertz CT molecular complexity index is 670. The second-order valence-electron chi connectivity index (χ2n) is 3.94. The van der Waals surface area contributed by atoms with Crippen LogP contribution >= 0.6 is 11.3 Å². The van der Waals surface area contributed by atoms with Crippen molar-refractivity contribution in [3.8, 4) is 0 Å². The van der Waals surface area contributed by atoms with Crippen molar-refractivity contribution in [2.45, 2.75) is 0 Å². The molecular weight excluding hydrogens is 294 g/mol. The number of carboxylic acids is 1. The molecule has 21 heavy (non-hydrogen) atoms. The number of hydrogen-bond acceptors (Lipinski definition) is 5. The van der Waals surface area contributed by atoms with Gasteiger partial charge in [-0.2, -0.15) is 0 Å². The first-order valence-electron chi connectivity index (χ1n) is 5.87. The Morgan fingerprint density at radius 3 is 2.76 bits per heavy atom.